The molecule has 21 heavy (non-hydrogen) atoms. The molecule has 0 aliphatic carbocycles. The topological polar surface area (TPSA) is 37.5 Å². The fraction of sp³-hybridized carbons (Fsp3) is 0.133. The second-order valence-corrected chi connectivity index (χ2v) is 5.49. The fourth-order valence-corrected chi connectivity index (χ4v) is 3.01. The van der Waals surface area contributed by atoms with Crippen molar-refractivity contribution in [3.8, 4) is 17.3 Å². The Morgan fingerprint density at radius 2 is 1.86 bits per heavy atom. The van der Waals surface area contributed by atoms with Gasteiger partial charge in [0.25, 0.3) is 0 Å². The Morgan fingerprint density at radius 3 is 2.48 bits per heavy atom. The lowest BCUT2D eigenvalue weighted by molar-refractivity contribution is 0.462. The molecule has 6 heteroatoms. The maximum absolute atomic E-state index is 13.4. The minimum absolute atomic E-state index is 0.150. The maximum Gasteiger partial charge on any atom is 0.238 e. The number of hydrogen-bond acceptors (Lipinski definition) is 3. The molecule has 3 aromatic rings. The number of thioether (sulfide) groups is 1. The van der Waals surface area contributed by atoms with Crippen LogP contribution in [-0.2, 0) is 0 Å². The minimum Gasteiger partial charge on any atom is -0.492 e. The molecular formula is C15H12F2N2OS. The smallest absolute Gasteiger partial charge is 0.238 e. The van der Waals surface area contributed by atoms with Crippen LogP contribution in [-0.4, -0.2) is 20.7 Å². The number of nitrogens with zero attached hydrogens (tertiary/aromatic N) is 2. The van der Waals surface area contributed by atoms with Crippen molar-refractivity contribution in [1.29, 1.82) is 0 Å². The lowest BCUT2D eigenvalue weighted by Crippen LogP contribution is -1.93. The Bertz CT molecular complexity index is 825. The number of fused-ring (bicyclic) bond motifs is 1. The Morgan fingerprint density at radius 1 is 1.19 bits per heavy atom. The van der Waals surface area contributed by atoms with Gasteiger partial charge < -0.3 is 5.11 Å². The van der Waals surface area contributed by atoms with Gasteiger partial charge in [-0.25, -0.2) is 8.78 Å². The summed E-state index contributed by atoms with van der Waals surface area (Å²) in [7, 11) is 0. The molecule has 0 radical (unpaired) electrons. The lowest BCUT2D eigenvalue weighted by Gasteiger charge is -2.07. The van der Waals surface area contributed by atoms with E-state index in [0.717, 1.165) is 16.5 Å². The van der Waals surface area contributed by atoms with E-state index in [4.69, 9.17) is 0 Å². The van der Waals surface area contributed by atoms with Gasteiger partial charge in [-0.3, -0.25) is 4.40 Å². The van der Waals surface area contributed by atoms with Gasteiger partial charge in [0.05, 0.1) is 0 Å². The second-order valence-electron chi connectivity index (χ2n) is 4.64. The van der Waals surface area contributed by atoms with Crippen LogP contribution in [0.1, 0.15) is 5.56 Å². The van der Waals surface area contributed by atoms with E-state index in [1.165, 1.54) is 12.1 Å². The molecule has 108 valence electrons. The average Bonchev–Trinajstić information content (AvgIpc) is 2.76. The van der Waals surface area contributed by atoms with Crippen molar-refractivity contribution in [2.45, 2.75) is 11.8 Å². The van der Waals surface area contributed by atoms with Crippen molar-refractivity contribution in [2.24, 2.45) is 0 Å². The lowest BCUT2D eigenvalue weighted by atomic mass is 10.2. The number of imidazole rings is 1. The predicted octanol–water partition coefficient (Wildman–Crippen LogP) is 4.02. The third kappa shape index (κ3) is 2.25. The van der Waals surface area contributed by atoms with Crippen LogP contribution in [0.15, 0.2) is 35.4 Å². The van der Waals surface area contributed by atoms with E-state index in [2.05, 4.69) is 4.98 Å². The number of rotatable bonds is 2. The Balaban J connectivity index is 2.32. The van der Waals surface area contributed by atoms with Crippen LogP contribution in [0.2, 0.25) is 0 Å². The van der Waals surface area contributed by atoms with Crippen LogP contribution in [0.5, 0.6) is 5.88 Å². The van der Waals surface area contributed by atoms with Gasteiger partial charge in [0.15, 0.2) is 0 Å². The van der Waals surface area contributed by atoms with Gasteiger partial charge in [-0.2, -0.15) is 4.98 Å². The molecule has 0 saturated carbocycles. The van der Waals surface area contributed by atoms with E-state index in [-0.39, 0.29) is 11.4 Å². The van der Waals surface area contributed by atoms with Crippen LogP contribution >= 0.6 is 11.8 Å². The standard InChI is InChI=1S/C15H12F2N2OS/c1-8-12(21-2)3-4-19-13(8)15(20)18-14(19)9-5-10(16)7-11(17)6-9/h3-7,20H,1-2H3. The van der Waals surface area contributed by atoms with Gasteiger partial charge >= 0.3 is 0 Å². The van der Waals surface area contributed by atoms with Crippen LogP contribution in [0.3, 0.4) is 0 Å². The molecule has 0 spiro atoms. The minimum atomic E-state index is -0.682. The summed E-state index contributed by atoms with van der Waals surface area (Å²) in [6.45, 7) is 1.87. The summed E-state index contributed by atoms with van der Waals surface area (Å²) < 4.78 is 28.4. The zero-order chi connectivity index (χ0) is 15.1. The van der Waals surface area contributed by atoms with E-state index in [0.29, 0.717) is 11.3 Å². The van der Waals surface area contributed by atoms with Crippen LogP contribution in [0, 0.1) is 18.6 Å². The third-order valence-corrected chi connectivity index (χ3v) is 4.22. The molecule has 0 bridgehead atoms. The largest absolute Gasteiger partial charge is 0.492 e. The SMILES string of the molecule is CSc1ccn2c(-c3cc(F)cc(F)c3)nc(O)c2c1C. The van der Waals surface area contributed by atoms with Crippen molar-refractivity contribution in [3.05, 3.63) is 47.7 Å². The molecular weight excluding hydrogens is 294 g/mol. The maximum atomic E-state index is 13.4. The quantitative estimate of drug-likeness (QED) is 0.727. The number of aromatic nitrogens is 2. The number of aryl methyl sites for hydroxylation is 1. The van der Waals surface area contributed by atoms with Crippen LogP contribution < -0.4 is 0 Å². The third-order valence-electron chi connectivity index (χ3n) is 3.33. The molecule has 0 amide bonds. The van der Waals surface area contributed by atoms with Crippen LogP contribution in [0.4, 0.5) is 8.78 Å². The highest BCUT2D eigenvalue weighted by molar-refractivity contribution is 7.98. The van der Waals surface area contributed by atoms with E-state index in [9.17, 15) is 13.9 Å². The zero-order valence-corrected chi connectivity index (χ0v) is 12.2. The first-order valence-electron chi connectivity index (χ1n) is 6.22. The molecule has 2 heterocycles. The highest BCUT2D eigenvalue weighted by atomic mass is 32.2. The summed E-state index contributed by atoms with van der Waals surface area (Å²) >= 11 is 1.56. The Kier molecular flexibility index (Phi) is 3.33. The molecule has 1 N–H and O–H groups in total. The first kappa shape index (κ1) is 13.9. The van der Waals surface area contributed by atoms with E-state index < -0.39 is 11.6 Å². The summed E-state index contributed by atoms with van der Waals surface area (Å²) in [5.41, 5.74) is 1.69. The van der Waals surface area contributed by atoms with Gasteiger partial charge in [-0.05, 0) is 36.9 Å². The monoisotopic (exact) mass is 306 g/mol. The van der Waals surface area contributed by atoms with Crippen molar-refractivity contribution >= 4 is 17.3 Å². The summed E-state index contributed by atoms with van der Waals surface area (Å²) in [6, 6.07) is 5.06. The van der Waals surface area contributed by atoms with Crippen molar-refractivity contribution in [2.75, 3.05) is 6.26 Å². The van der Waals surface area contributed by atoms with Crippen molar-refractivity contribution in [3.63, 3.8) is 0 Å². The molecule has 0 unspecified atom stereocenters. The van der Waals surface area contributed by atoms with E-state index >= 15 is 0 Å². The number of benzene rings is 1. The fourth-order valence-electron chi connectivity index (χ4n) is 2.41. The molecule has 0 aliphatic rings. The summed E-state index contributed by atoms with van der Waals surface area (Å²) in [5.74, 6) is -1.21. The Hall–Kier alpha value is -2.08. The normalized spacial score (nSPS) is 11.2. The van der Waals surface area contributed by atoms with E-state index in [1.54, 1.807) is 22.4 Å². The molecule has 0 fully saturated rings. The molecule has 1 aromatic carbocycles. The molecule has 3 nitrogen and oxygen atoms in total. The molecule has 0 atom stereocenters. The van der Waals surface area contributed by atoms with E-state index in [1.807, 2.05) is 19.2 Å². The number of pyridine rings is 1. The second kappa shape index (κ2) is 5.04. The van der Waals surface area contributed by atoms with Gasteiger partial charge in [0.2, 0.25) is 5.88 Å². The predicted molar refractivity (Wildman–Crippen MR) is 78.7 cm³/mol. The number of hydrogen-bond donors (Lipinski definition) is 1. The summed E-state index contributed by atoms with van der Waals surface area (Å²) in [5, 5.41) is 10.1. The number of aromatic hydroxyl groups is 1. The summed E-state index contributed by atoms with van der Waals surface area (Å²) in [4.78, 5) is 5.06. The first-order chi connectivity index (χ1) is 10.0. The zero-order valence-electron chi connectivity index (χ0n) is 11.4. The van der Waals surface area contributed by atoms with Gasteiger partial charge in [0, 0.05) is 22.7 Å². The van der Waals surface area contributed by atoms with Gasteiger partial charge in [0.1, 0.15) is 23.0 Å². The molecule has 0 aliphatic heterocycles. The Labute approximate surface area is 124 Å². The molecule has 3 rings (SSSR count). The molecule has 0 saturated heterocycles. The van der Waals surface area contributed by atoms with Crippen molar-refractivity contribution < 1.29 is 13.9 Å². The summed E-state index contributed by atoms with van der Waals surface area (Å²) in [6.07, 6.45) is 3.67. The van der Waals surface area contributed by atoms with Gasteiger partial charge in [-0.15, -0.1) is 11.8 Å². The first-order valence-corrected chi connectivity index (χ1v) is 7.45. The molecule has 2 aromatic heterocycles. The van der Waals surface area contributed by atoms with Gasteiger partial charge in [-0.1, -0.05) is 0 Å². The number of halogens is 2. The highest BCUT2D eigenvalue weighted by Gasteiger charge is 2.16. The van der Waals surface area contributed by atoms with Crippen LogP contribution in [0.25, 0.3) is 16.9 Å². The average molecular weight is 306 g/mol. The highest BCUT2D eigenvalue weighted by Crippen LogP contribution is 2.33. The van der Waals surface area contributed by atoms with Crippen molar-refractivity contribution in [1.82, 2.24) is 9.38 Å².